The van der Waals surface area contributed by atoms with Crippen LogP contribution in [0.2, 0.25) is 0 Å². The van der Waals surface area contributed by atoms with Gasteiger partial charge in [0.15, 0.2) is 5.96 Å². The molecule has 0 saturated heterocycles. The summed E-state index contributed by atoms with van der Waals surface area (Å²) >= 11 is 0. The molecule has 0 amide bonds. The number of imidazole rings is 1. The van der Waals surface area contributed by atoms with Gasteiger partial charge in [-0.25, -0.2) is 4.98 Å². The molecular formula is C19H21F2N5O. The SMILES string of the molecule is CN=C(NCc1ccccc1OC(F)F)NCc1nc2ccccc2n1C. The maximum atomic E-state index is 12.5. The lowest BCUT2D eigenvalue weighted by Gasteiger charge is -2.14. The molecule has 0 aliphatic carbocycles. The minimum Gasteiger partial charge on any atom is -0.434 e. The summed E-state index contributed by atoms with van der Waals surface area (Å²) in [6.45, 7) is -2.09. The number of nitrogens with one attached hydrogen (secondary N) is 2. The minimum absolute atomic E-state index is 0.144. The van der Waals surface area contributed by atoms with E-state index in [0.29, 0.717) is 24.6 Å². The van der Waals surface area contributed by atoms with Crippen LogP contribution in [0.15, 0.2) is 53.5 Å². The van der Waals surface area contributed by atoms with Crippen LogP contribution in [0.25, 0.3) is 11.0 Å². The number of ether oxygens (including phenoxy) is 1. The van der Waals surface area contributed by atoms with E-state index in [4.69, 9.17) is 0 Å². The van der Waals surface area contributed by atoms with Crippen molar-refractivity contribution >= 4 is 17.0 Å². The zero-order chi connectivity index (χ0) is 19.2. The van der Waals surface area contributed by atoms with E-state index in [2.05, 4.69) is 25.3 Å². The molecule has 0 bridgehead atoms. The van der Waals surface area contributed by atoms with Gasteiger partial charge >= 0.3 is 6.61 Å². The average molecular weight is 373 g/mol. The van der Waals surface area contributed by atoms with E-state index in [9.17, 15) is 8.78 Å². The van der Waals surface area contributed by atoms with E-state index in [0.717, 1.165) is 16.9 Å². The lowest BCUT2D eigenvalue weighted by atomic mass is 10.2. The molecule has 0 unspecified atom stereocenters. The number of halogens is 2. The first-order valence-corrected chi connectivity index (χ1v) is 8.46. The fourth-order valence-electron chi connectivity index (χ4n) is 2.78. The Kier molecular flexibility index (Phi) is 5.85. The third-order valence-corrected chi connectivity index (χ3v) is 4.15. The molecule has 0 saturated carbocycles. The van der Waals surface area contributed by atoms with Crippen LogP contribution in [0.5, 0.6) is 5.75 Å². The van der Waals surface area contributed by atoms with Crippen molar-refractivity contribution in [2.24, 2.45) is 12.0 Å². The lowest BCUT2D eigenvalue weighted by Crippen LogP contribution is -2.37. The zero-order valence-electron chi connectivity index (χ0n) is 15.1. The molecule has 1 heterocycles. The number of hydrogen-bond donors (Lipinski definition) is 2. The van der Waals surface area contributed by atoms with Crippen molar-refractivity contribution in [1.82, 2.24) is 20.2 Å². The van der Waals surface area contributed by atoms with Gasteiger partial charge in [-0.05, 0) is 18.2 Å². The number of alkyl halides is 2. The Balaban J connectivity index is 1.62. The molecule has 0 aliphatic rings. The molecular weight excluding hydrogens is 352 g/mol. The fourth-order valence-corrected chi connectivity index (χ4v) is 2.78. The van der Waals surface area contributed by atoms with E-state index < -0.39 is 6.61 Å². The Morgan fingerprint density at radius 1 is 1.11 bits per heavy atom. The van der Waals surface area contributed by atoms with Gasteiger partial charge in [-0.1, -0.05) is 30.3 Å². The predicted octanol–water partition coefficient (Wildman–Crippen LogP) is 3.04. The van der Waals surface area contributed by atoms with Crippen LogP contribution in [0.4, 0.5) is 8.78 Å². The highest BCUT2D eigenvalue weighted by Gasteiger charge is 2.10. The third kappa shape index (κ3) is 4.52. The largest absolute Gasteiger partial charge is 0.434 e. The van der Waals surface area contributed by atoms with Gasteiger partial charge in [0.25, 0.3) is 0 Å². The van der Waals surface area contributed by atoms with Crippen LogP contribution in [-0.4, -0.2) is 29.2 Å². The summed E-state index contributed by atoms with van der Waals surface area (Å²) in [6.07, 6.45) is 0. The van der Waals surface area contributed by atoms with Crippen LogP contribution in [-0.2, 0) is 20.1 Å². The number of aliphatic imine (C=N–C) groups is 1. The number of guanidine groups is 1. The van der Waals surface area contributed by atoms with E-state index >= 15 is 0 Å². The Morgan fingerprint density at radius 2 is 1.81 bits per heavy atom. The number of aryl methyl sites for hydroxylation is 1. The van der Waals surface area contributed by atoms with Gasteiger partial charge in [0.1, 0.15) is 11.6 Å². The predicted molar refractivity (Wildman–Crippen MR) is 101 cm³/mol. The van der Waals surface area contributed by atoms with E-state index in [-0.39, 0.29) is 5.75 Å². The first kappa shape index (κ1) is 18.6. The van der Waals surface area contributed by atoms with Crippen molar-refractivity contribution in [2.45, 2.75) is 19.7 Å². The van der Waals surface area contributed by atoms with Gasteiger partial charge in [0, 0.05) is 26.2 Å². The van der Waals surface area contributed by atoms with Gasteiger partial charge in [-0.3, -0.25) is 4.99 Å². The van der Waals surface area contributed by atoms with E-state index in [1.165, 1.54) is 6.07 Å². The van der Waals surface area contributed by atoms with Crippen molar-refractivity contribution in [1.29, 1.82) is 0 Å². The fraction of sp³-hybridized carbons (Fsp3) is 0.263. The molecule has 1 aromatic heterocycles. The lowest BCUT2D eigenvalue weighted by molar-refractivity contribution is -0.0504. The molecule has 2 N–H and O–H groups in total. The summed E-state index contributed by atoms with van der Waals surface area (Å²) in [7, 11) is 3.60. The second kappa shape index (κ2) is 8.48. The molecule has 0 aliphatic heterocycles. The molecule has 0 atom stereocenters. The van der Waals surface area contributed by atoms with Crippen molar-refractivity contribution in [2.75, 3.05) is 7.05 Å². The highest BCUT2D eigenvalue weighted by molar-refractivity contribution is 5.80. The highest BCUT2D eigenvalue weighted by Crippen LogP contribution is 2.20. The van der Waals surface area contributed by atoms with Crippen LogP contribution in [0.1, 0.15) is 11.4 Å². The molecule has 0 spiro atoms. The van der Waals surface area contributed by atoms with Gasteiger partial charge in [-0.15, -0.1) is 0 Å². The first-order valence-electron chi connectivity index (χ1n) is 8.46. The molecule has 0 radical (unpaired) electrons. The van der Waals surface area contributed by atoms with Crippen molar-refractivity contribution < 1.29 is 13.5 Å². The van der Waals surface area contributed by atoms with Crippen LogP contribution in [0.3, 0.4) is 0 Å². The van der Waals surface area contributed by atoms with Crippen LogP contribution < -0.4 is 15.4 Å². The van der Waals surface area contributed by atoms with Gasteiger partial charge < -0.3 is 19.9 Å². The standard InChI is InChI=1S/C19H21F2N5O/c1-22-19(23-11-13-7-3-6-10-16(13)27-18(20)21)24-12-17-25-14-8-4-5-9-15(14)26(17)2/h3-10,18H,11-12H2,1-2H3,(H2,22,23,24). The number of fused-ring (bicyclic) bond motifs is 1. The number of nitrogens with zero attached hydrogens (tertiary/aromatic N) is 3. The van der Waals surface area contributed by atoms with Crippen LogP contribution >= 0.6 is 0 Å². The molecule has 6 nitrogen and oxygen atoms in total. The second-order valence-corrected chi connectivity index (χ2v) is 5.84. The maximum Gasteiger partial charge on any atom is 0.387 e. The summed E-state index contributed by atoms with van der Waals surface area (Å²) in [5.74, 6) is 1.54. The third-order valence-electron chi connectivity index (χ3n) is 4.15. The van der Waals surface area contributed by atoms with Crippen molar-refractivity contribution in [3.05, 3.63) is 59.9 Å². The topological polar surface area (TPSA) is 63.5 Å². The number of hydrogen-bond acceptors (Lipinski definition) is 3. The molecule has 0 fully saturated rings. The number of aromatic nitrogens is 2. The average Bonchev–Trinajstić information content (AvgIpc) is 2.99. The number of rotatable bonds is 6. The molecule has 3 rings (SSSR count). The summed E-state index contributed by atoms with van der Waals surface area (Å²) in [5.41, 5.74) is 2.59. The summed E-state index contributed by atoms with van der Waals surface area (Å²) in [6, 6.07) is 14.6. The number of benzene rings is 2. The summed E-state index contributed by atoms with van der Waals surface area (Å²) < 4.78 is 31.6. The Bertz CT molecular complexity index is 939. The van der Waals surface area contributed by atoms with E-state index in [1.54, 1.807) is 25.2 Å². The smallest absolute Gasteiger partial charge is 0.387 e. The highest BCUT2D eigenvalue weighted by atomic mass is 19.3. The molecule has 3 aromatic rings. The first-order chi connectivity index (χ1) is 13.1. The van der Waals surface area contributed by atoms with Crippen molar-refractivity contribution in [3.8, 4) is 5.75 Å². The summed E-state index contributed by atoms with van der Waals surface area (Å²) in [5, 5.41) is 6.28. The monoisotopic (exact) mass is 373 g/mol. The summed E-state index contributed by atoms with van der Waals surface area (Å²) in [4.78, 5) is 8.76. The zero-order valence-corrected chi connectivity index (χ0v) is 15.1. The van der Waals surface area contributed by atoms with E-state index in [1.807, 2.05) is 35.9 Å². The van der Waals surface area contributed by atoms with Gasteiger partial charge in [-0.2, -0.15) is 8.78 Å². The van der Waals surface area contributed by atoms with Gasteiger partial charge in [0.2, 0.25) is 0 Å². The quantitative estimate of drug-likeness (QED) is 0.515. The normalized spacial score (nSPS) is 11.8. The molecule has 2 aromatic carbocycles. The number of para-hydroxylation sites is 3. The minimum atomic E-state index is -2.86. The Morgan fingerprint density at radius 3 is 2.56 bits per heavy atom. The molecule has 142 valence electrons. The second-order valence-electron chi connectivity index (χ2n) is 5.84. The molecule has 8 heteroatoms. The Labute approximate surface area is 155 Å². The van der Waals surface area contributed by atoms with Crippen LogP contribution in [0, 0.1) is 0 Å². The Hall–Kier alpha value is -3.16. The van der Waals surface area contributed by atoms with Gasteiger partial charge in [0.05, 0.1) is 17.6 Å². The van der Waals surface area contributed by atoms with Crippen molar-refractivity contribution in [3.63, 3.8) is 0 Å². The maximum absolute atomic E-state index is 12.5. The molecule has 27 heavy (non-hydrogen) atoms.